The summed E-state index contributed by atoms with van der Waals surface area (Å²) in [5.41, 5.74) is 0.656. The van der Waals surface area contributed by atoms with E-state index < -0.39 is 17.5 Å². The summed E-state index contributed by atoms with van der Waals surface area (Å²) in [4.78, 5) is 0. The summed E-state index contributed by atoms with van der Waals surface area (Å²) in [6.07, 6.45) is 0. The first kappa shape index (κ1) is 14.4. The number of rotatable bonds is 3. The zero-order valence-corrected chi connectivity index (χ0v) is 12.6. The molecule has 0 amide bonds. The second-order valence-electron chi connectivity index (χ2n) is 3.74. The third-order valence-corrected chi connectivity index (χ3v) is 3.53. The Balaban J connectivity index is 2.16. The Morgan fingerprint density at radius 3 is 2.26 bits per heavy atom. The zero-order valence-electron chi connectivity index (χ0n) is 9.39. The van der Waals surface area contributed by atoms with Gasteiger partial charge in [-0.05, 0) is 55.6 Å². The highest BCUT2D eigenvalue weighted by atomic mass is 79.9. The first-order valence-electron chi connectivity index (χ1n) is 5.18. The molecule has 0 radical (unpaired) electrons. The van der Waals surface area contributed by atoms with Crippen LogP contribution >= 0.6 is 31.9 Å². The Kier molecular flexibility index (Phi) is 4.52. The number of hydrogen-bond donors (Lipinski definition) is 0. The van der Waals surface area contributed by atoms with Crippen molar-refractivity contribution < 1.29 is 17.9 Å². The average molecular weight is 396 g/mol. The molecule has 2 aromatic carbocycles. The van der Waals surface area contributed by atoms with Crippen molar-refractivity contribution in [2.24, 2.45) is 0 Å². The van der Waals surface area contributed by atoms with Crippen LogP contribution in [-0.4, -0.2) is 0 Å². The molecule has 0 saturated carbocycles. The summed E-state index contributed by atoms with van der Waals surface area (Å²) in [6, 6.07) is 6.18. The van der Waals surface area contributed by atoms with Crippen molar-refractivity contribution in [2.75, 3.05) is 0 Å². The first-order valence-corrected chi connectivity index (χ1v) is 6.77. The summed E-state index contributed by atoms with van der Waals surface area (Å²) >= 11 is 6.07. The molecule has 0 N–H and O–H groups in total. The Hall–Kier alpha value is -1.01. The maximum Gasteiger partial charge on any atom is 0.169 e. The normalized spacial score (nSPS) is 10.6. The minimum Gasteiger partial charge on any atom is -0.485 e. The molecule has 19 heavy (non-hydrogen) atoms. The molecule has 0 aliphatic carbocycles. The van der Waals surface area contributed by atoms with Crippen LogP contribution in [0.4, 0.5) is 13.2 Å². The maximum absolute atomic E-state index is 13.5. The van der Waals surface area contributed by atoms with Gasteiger partial charge in [0, 0.05) is 6.07 Å². The fourth-order valence-electron chi connectivity index (χ4n) is 1.45. The lowest BCUT2D eigenvalue weighted by molar-refractivity contribution is 0.287. The van der Waals surface area contributed by atoms with Gasteiger partial charge in [-0.2, -0.15) is 0 Å². The van der Waals surface area contributed by atoms with Gasteiger partial charge in [0.2, 0.25) is 0 Å². The van der Waals surface area contributed by atoms with Crippen LogP contribution in [0.15, 0.2) is 39.3 Å². The standard InChI is InChI=1S/C13H7Br2F3O/c14-9-3-7(1-2-11(9)17)6-19-13-10(15)4-8(16)5-12(13)18/h1-5H,6H2. The molecule has 6 heteroatoms. The molecule has 100 valence electrons. The molecule has 0 spiro atoms. The van der Waals surface area contributed by atoms with Crippen molar-refractivity contribution in [2.45, 2.75) is 6.61 Å². The van der Waals surface area contributed by atoms with Crippen molar-refractivity contribution in [3.05, 3.63) is 62.3 Å². The smallest absolute Gasteiger partial charge is 0.169 e. The molecular weight excluding hydrogens is 389 g/mol. The van der Waals surface area contributed by atoms with Crippen LogP contribution < -0.4 is 4.74 Å². The second kappa shape index (κ2) is 5.96. The van der Waals surface area contributed by atoms with Crippen LogP contribution in [0.25, 0.3) is 0 Å². The fourth-order valence-corrected chi connectivity index (χ4v) is 2.40. The average Bonchev–Trinajstić information content (AvgIpc) is 2.32. The van der Waals surface area contributed by atoms with Crippen molar-refractivity contribution in [1.29, 1.82) is 0 Å². The molecule has 0 aliphatic heterocycles. The second-order valence-corrected chi connectivity index (χ2v) is 5.44. The molecule has 2 aromatic rings. The van der Waals surface area contributed by atoms with Gasteiger partial charge in [-0.1, -0.05) is 6.07 Å². The lowest BCUT2D eigenvalue weighted by atomic mass is 10.2. The molecule has 0 heterocycles. The minimum absolute atomic E-state index is 0.0417. The van der Waals surface area contributed by atoms with Gasteiger partial charge in [-0.25, -0.2) is 13.2 Å². The van der Waals surface area contributed by atoms with Gasteiger partial charge in [-0.15, -0.1) is 0 Å². The molecule has 2 rings (SSSR count). The minimum atomic E-state index is -0.798. The highest BCUT2D eigenvalue weighted by molar-refractivity contribution is 9.10. The third kappa shape index (κ3) is 3.51. The fraction of sp³-hybridized carbons (Fsp3) is 0.0769. The molecule has 0 aromatic heterocycles. The quantitative estimate of drug-likeness (QED) is 0.693. The van der Waals surface area contributed by atoms with Gasteiger partial charge in [0.1, 0.15) is 18.2 Å². The summed E-state index contributed by atoms with van der Waals surface area (Å²) in [7, 11) is 0. The highest BCUT2D eigenvalue weighted by Crippen LogP contribution is 2.30. The van der Waals surface area contributed by atoms with Gasteiger partial charge in [0.05, 0.1) is 8.95 Å². The van der Waals surface area contributed by atoms with Crippen molar-refractivity contribution in [1.82, 2.24) is 0 Å². The monoisotopic (exact) mass is 394 g/mol. The lowest BCUT2D eigenvalue weighted by Gasteiger charge is -2.10. The van der Waals surface area contributed by atoms with E-state index in [4.69, 9.17) is 4.74 Å². The number of halogens is 5. The van der Waals surface area contributed by atoms with E-state index in [0.29, 0.717) is 10.0 Å². The lowest BCUT2D eigenvalue weighted by Crippen LogP contribution is -1.99. The highest BCUT2D eigenvalue weighted by Gasteiger charge is 2.11. The van der Waals surface area contributed by atoms with E-state index in [-0.39, 0.29) is 16.8 Å². The predicted octanol–water partition coefficient (Wildman–Crippen LogP) is 5.21. The SMILES string of the molecule is Fc1cc(F)c(OCc2ccc(F)c(Br)c2)c(Br)c1. The molecule has 0 unspecified atom stereocenters. The summed E-state index contributed by atoms with van der Waals surface area (Å²) in [6.45, 7) is 0.0417. The van der Waals surface area contributed by atoms with Crippen molar-refractivity contribution >= 4 is 31.9 Å². The van der Waals surface area contributed by atoms with Crippen LogP contribution in [0.5, 0.6) is 5.75 Å². The topological polar surface area (TPSA) is 9.23 Å². The Bertz CT molecular complexity index is 594. The number of ether oxygens (including phenoxy) is 1. The van der Waals surface area contributed by atoms with Crippen LogP contribution in [0.1, 0.15) is 5.56 Å². The van der Waals surface area contributed by atoms with Gasteiger partial charge in [0.25, 0.3) is 0 Å². The molecule has 0 saturated heterocycles. The van der Waals surface area contributed by atoms with Crippen LogP contribution in [0.3, 0.4) is 0 Å². The van der Waals surface area contributed by atoms with E-state index >= 15 is 0 Å². The van der Waals surface area contributed by atoms with E-state index in [2.05, 4.69) is 31.9 Å². The largest absolute Gasteiger partial charge is 0.485 e. The molecule has 0 aliphatic rings. The summed E-state index contributed by atoms with van der Waals surface area (Å²) < 4.78 is 45.2. The zero-order chi connectivity index (χ0) is 14.0. The molecule has 0 fully saturated rings. The molecule has 1 nitrogen and oxygen atoms in total. The third-order valence-electron chi connectivity index (χ3n) is 2.33. The number of benzene rings is 2. The van der Waals surface area contributed by atoms with Crippen molar-refractivity contribution in [3.8, 4) is 5.75 Å². The van der Waals surface area contributed by atoms with Gasteiger partial charge in [0.15, 0.2) is 11.6 Å². The van der Waals surface area contributed by atoms with Crippen molar-refractivity contribution in [3.63, 3.8) is 0 Å². The van der Waals surface area contributed by atoms with E-state index in [9.17, 15) is 13.2 Å². The molecular formula is C13H7Br2F3O. The van der Waals surface area contributed by atoms with Crippen LogP contribution in [0.2, 0.25) is 0 Å². The Morgan fingerprint density at radius 1 is 0.895 bits per heavy atom. The van der Waals surface area contributed by atoms with Crippen LogP contribution in [-0.2, 0) is 6.61 Å². The molecule has 0 atom stereocenters. The van der Waals surface area contributed by atoms with E-state index in [0.717, 1.165) is 12.1 Å². The van der Waals surface area contributed by atoms with Crippen LogP contribution in [0, 0.1) is 17.5 Å². The number of hydrogen-bond acceptors (Lipinski definition) is 1. The molecule has 0 bridgehead atoms. The van der Waals surface area contributed by atoms with Gasteiger partial charge in [-0.3, -0.25) is 0 Å². The van der Waals surface area contributed by atoms with E-state index in [1.165, 1.54) is 18.2 Å². The van der Waals surface area contributed by atoms with Gasteiger partial charge >= 0.3 is 0 Å². The predicted molar refractivity (Wildman–Crippen MR) is 72.5 cm³/mol. The van der Waals surface area contributed by atoms with E-state index in [1.54, 1.807) is 0 Å². The Labute approximate surface area is 124 Å². The summed E-state index contributed by atoms with van der Waals surface area (Å²) in [5.74, 6) is -1.96. The summed E-state index contributed by atoms with van der Waals surface area (Å²) in [5, 5.41) is 0. The maximum atomic E-state index is 13.5. The van der Waals surface area contributed by atoms with Gasteiger partial charge < -0.3 is 4.74 Å². The first-order chi connectivity index (χ1) is 8.97. The Morgan fingerprint density at radius 2 is 1.63 bits per heavy atom. The van der Waals surface area contributed by atoms with E-state index in [1.807, 2.05) is 0 Å².